The lowest BCUT2D eigenvalue weighted by Gasteiger charge is -2.13. The second-order valence-electron chi connectivity index (χ2n) is 3.40. The molecule has 0 amide bonds. The van der Waals surface area contributed by atoms with E-state index in [1.165, 1.54) is 0 Å². The van der Waals surface area contributed by atoms with Gasteiger partial charge in [0.2, 0.25) is 0 Å². The van der Waals surface area contributed by atoms with Crippen LogP contribution < -0.4 is 5.73 Å². The molecule has 0 bridgehead atoms. The summed E-state index contributed by atoms with van der Waals surface area (Å²) in [6.45, 7) is 0. The van der Waals surface area contributed by atoms with Crippen molar-refractivity contribution in [2.45, 2.75) is 6.04 Å². The van der Waals surface area contributed by atoms with Gasteiger partial charge in [-0.05, 0) is 11.6 Å². The average Bonchev–Trinajstić information content (AvgIpc) is 2.64. The van der Waals surface area contributed by atoms with Crippen LogP contribution in [0.3, 0.4) is 0 Å². The lowest BCUT2D eigenvalue weighted by atomic mass is 10.1. The number of aryl methyl sites for hydroxylation is 1. The molecule has 0 radical (unpaired) electrons. The summed E-state index contributed by atoms with van der Waals surface area (Å²) < 4.78 is 1.90. The van der Waals surface area contributed by atoms with Gasteiger partial charge < -0.3 is 10.3 Å². The molecular formula is C11H13Cl2N3. The Labute approximate surface area is 106 Å². The zero-order chi connectivity index (χ0) is 10.8. The summed E-state index contributed by atoms with van der Waals surface area (Å²) >= 11 is 6.07. The highest BCUT2D eigenvalue weighted by Crippen LogP contribution is 2.24. The van der Waals surface area contributed by atoms with Crippen molar-refractivity contribution in [1.82, 2.24) is 9.55 Å². The molecular weight excluding hydrogens is 245 g/mol. The quantitative estimate of drug-likeness (QED) is 0.899. The molecule has 86 valence electrons. The Hall–Kier alpha value is -1.03. The van der Waals surface area contributed by atoms with Crippen LogP contribution in [0.15, 0.2) is 36.7 Å². The van der Waals surface area contributed by atoms with Crippen LogP contribution in [0.25, 0.3) is 0 Å². The first-order chi connectivity index (χ1) is 7.20. The molecule has 2 rings (SSSR count). The molecule has 1 aromatic carbocycles. The summed E-state index contributed by atoms with van der Waals surface area (Å²) in [5.41, 5.74) is 6.99. The average molecular weight is 258 g/mol. The maximum Gasteiger partial charge on any atom is 0.130 e. The van der Waals surface area contributed by atoms with E-state index in [-0.39, 0.29) is 18.4 Å². The first kappa shape index (κ1) is 13.0. The summed E-state index contributed by atoms with van der Waals surface area (Å²) in [6, 6.07) is 7.28. The summed E-state index contributed by atoms with van der Waals surface area (Å²) in [5, 5.41) is 0.674. The first-order valence-electron chi connectivity index (χ1n) is 4.67. The van der Waals surface area contributed by atoms with Crippen LogP contribution in [0.2, 0.25) is 5.02 Å². The lowest BCUT2D eigenvalue weighted by Crippen LogP contribution is -2.16. The number of hydrogen-bond acceptors (Lipinski definition) is 2. The standard InChI is InChI=1S/C11H12ClN3.ClH/c1-15-7-6-14-11(15)10(13)8-4-2-3-5-9(8)12;/h2-7,10H,13H2,1H3;1H. The van der Waals surface area contributed by atoms with E-state index in [9.17, 15) is 0 Å². The highest BCUT2D eigenvalue weighted by Gasteiger charge is 2.15. The molecule has 0 fully saturated rings. The third kappa shape index (κ3) is 2.38. The largest absolute Gasteiger partial charge is 0.336 e. The van der Waals surface area contributed by atoms with Crippen molar-refractivity contribution in [3.8, 4) is 0 Å². The predicted octanol–water partition coefficient (Wildman–Crippen LogP) is 2.54. The number of benzene rings is 1. The molecule has 0 aliphatic heterocycles. The predicted molar refractivity (Wildman–Crippen MR) is 67.9 cm³/mol. The molecule has 1 aromatic heterocycles. The van der Waals surface area contributed by atoms with Gasteiger partial charge in [-0.25, -0.2) is 4.98 Å². The lowest BCUT2D eigenvalue weighted by molar-refractivity contribution is 0.717. The summed E-state index contributed by atoms with van der Waals surface area (Å²) in [6.07, 6.45) is 3.60. The van der Waals surface area contributed by atoms with Crippen LogP contribution in [0.5, 0.6) is 0 Å². The van der Waals surface area contributed by atoms with E-state index >= 15 is 0 Å². The fourth-order valence-electron chi connectivity index (χ4n) is 1.54. The topological polar surface area (TPSA) is 43.8 Å². The number of rotatable bonds is 2. The molecule has 1 heterocycles. The van der Waals surface area contributed by atoms with Crippen LogP contribution in [-0.2, 0) is 7.05 Å². The van der Waals surface area contributed by atoms with E-state index < -0.39 is 0 Å². The van der Waals surface area contributed by atoms with Crippen LogP contribution in [0.1, 0.15) is 17.4 Å². The minimum absolute atomic E-state index is 0. The van der Waals surface area contributed by atoms with Crippen molar-refractivity contribution < 1.29 is 0 Å². The van der Waals surface area contributed by atoms with E-state index in [0.29, 0.717) is 5.02 Å². The fourth-order valence-corrected chi connectivity index (χ4v) is 1.80. The fraction of sp³-hybridized carbons (Fsp3) is 0.182. The van der Waals surface area contributed by atoms with Gasteiger partial charge in [-0.1, -0.05) is 29.8 Å². The Morgan fingerprint density at radius 3 is 2.62 bits per heavy atom. The van der Waals surface area contributed by atoms with Crippen molar-refractivity contribution >= 4 is 24.0 Å². The van der Waals surface area contributed by atoms with Crippen molar-refractivity contribution in [1.29, 1.82) is 0 Å². The van der Waals surface area contributed by atoms with Crippen molar-refractivity contribution in [3.05, 3.63) is 53.1 Å². The second kappa shape index (κ2) is 5.34. The molecule has 5 heteroatoms. The molecule has 1 unspecified atom stereocenters. The summed E-state index contributed by atoms with van der Waals surface area (Å²) in [4.78, 5) is 4.21. The molecule has 0 saturated carbocycles. The van der Waals surface area contributed by atoms with E-state index in [4.69, 9.17) is 17.3 Å². The van der Waals surface area contributed by atoms with Crippen molar-refractivity contribution in [2.75, 3.05) is 0 Å². The Bertz CT molecular complexity index is 468. The first-order valence-corrected chi connectivity index (χ1v) is 5.05. The second-order valence-corrected chi connectivity index (χ2v) is 3.80. The van der Waals surface area contributed by atoms with Gasteiger partial charge in [0.05, 0.1) is 6.04 Å². The maximum atomic E-state index is 6.09. The molecule has 16 heavy (non-hydrogen) atoms. The highest BCUT2D eigenvalue weighted by atomic mass is 35.5. The van der Waals surface area contributed by atoms with Gasteiger partial charge in [0, 0.05) is 24.5 Å². The Morgan fingerprint density at radius 1 is 1.38 bits per heavy atom. The number of aromatic nitrogens is 2. The zero-order valence-electron chi connectivity index (χ0n) is 8.80. The number of nitrogens with two attached hydrogens (primary N) is 1. The maximum absolute atomic E-state index is 6.09. The molecule has 0 saturated heterocycles. The summed E-state index contributed by atoms with van der Waals surface area (Å²) in [5.74, 6) is 0.808. The van der Waals surface area contributed by atoms with Crippen LogP contribution >= 0.6 is 24.0 Å². The summed E-state index contributed by atoms with van der Waals surface area (Å²) in [7, 11) is 1.92. The smallest absolute Gasteiger partial charge is 0.130 e. The molecule has 0 aliphatic carbocycles. The van der Waals surface area contributed by atoms with Gasteiger partial charge in [0.25, 0.3) is 0 Å². The Morgan fingerprint density at radius 2 is 2.06 bits per heavy atom. The molecule has 3 nitrogen and oxygen atoms in total. The molecule has 2 N–H and O–H groups in total. The van der Waals surface area contributed by atoms with E-state index in [1.54, 1.807) is 6.20 Å². The van der Waals surface area contributed by atoms with Gasteiger partial charge in [-0.3, -0.25) is 0 Å². The monoisotopic (exact) mass is 257 g/mol. The number of nitrogens with zero attached hydrogens (tertiary/aromatic N) is 2. The third-order valence-corrected chi connectivity index (χ3v) is 2.72. The minimum atomic E-state index is -0.279. The van der Waals surface area contributed by atoms with Crippen molar-refractivity contribution in [3.63, 3.8) is 0 Å². The number of hydrogen-bond donors (Lipinski definition) is 1. The highest BCUT2D eigenvalue weighted by molar-refractivity contribution is 6.31. The van der Waals surface area contributed by atoms with Crippen LogP contribution in [0.4, 0.5) is 0 Å². The van der Waals surface area contributed by atoms with Gasteiger partial charge in [-0.2, -0.15) is 0 Å². The van der Waals surface area contributed by atoms with Crippen LogP contribution in [-0.4, -0.2) is 9.55 Å². The third-order valence-electron chi connectivity index (χ3n) is 2.38. The number of halogens is 2. The van der Waals surface area contributed by atoms with Gasteiger partial charge in [-0.15, -0.1) is 12.4 Å². The Kier molecular flexibility index (Phi) is 4.35. The van der Waals surface area contributed by atoms with Crippen LogP contribution in [0, 0.1) is 0 Å². The SMILES string of the molecule is Cl.Cn1ccnc1C(N)c1ccccc1Cl. The van der Waals surface area contributed by atoms with Gasteiger partial charge in [0.15, 0.2) is 0 Å². The van der Waals surface area contributed by atoms with E-state index in [0.717, 1.165) is 11.4 Å². The minimum Gasteiger partial charge on any atom is -0.336 e. The van der Waals surface area contributed by atoms with Crippen molar-refractivity contribution in [2.24, 2.45) is 12.8 Å². The molecule has 0 aliphatic rings. The molecule has 1 atom stereocenters. The Balaban J connectivity index is 0.00000128. The normalized spacial score (nSPS) is 11.9. The molecule has 0 spiro atoms. The van der Waals surface area contributed by atoms with E-state index in [1.807, 2.05) is 42.1 Å². The number of imidazole rings is 1. The van der Waals surface area contributed by atoms with E-state index in [2.05, 4.69) is 4.98 Å². The molecule has 2 aromatic rings. The van der Waals surface area contributed by atoms with Gasteiger partial charge >= 0.3 is 0 Å². The van der Waals surface area contributed by atoms with Gasteiger partial charge in [0.1, 0.15) is 5.82 Å². The zero-order valence-corrected chi connectivity index (χ0v) is 10.4.